The van der Waals surface area contributed by atoms with E-state index >= 15 is 0 Å². The van der Waals surface area contributed by atoms with Crippen molar-refractivity contribution in [3.8, 4) is 0 Å². The maximum absolute atomic E-state index is 11.7. The maximum Gasteiger partial charge on any atom is 0.315 e. The van der Waals surface area contributed by atoms with Crippen molar-refractivity contribution in [2.75, 3.05) is 0 Å². The minimum atomic E-state index is -0.775. The number of urea groups is 1. The molecule has 2 amide bonds. The molecule has 0 aliphatic heterocycles. The number of carbonyl (C=O) groups excluding carboxylic acids is 1. The molecular formula is C14H24N4O3. The zero-order valence-corrected chi connectivity index (χ0v) is 12.8. The summed E-state index contributed by atoms with van der Waals surface area (Å²) >= 11 is 0. The van der Waals surface area contributed by atoms with Crippen LogP contribution in [0.25, 0.3) is 0 Å². The normalized spacial score (nSPS) is 13.5. The van der Waals surface area contributed by atoms with Crippen LogP contribution in [0.1, 0.15) is 38.9 Å². The van der Waals surface area contributed by atoms with Crippen molar-refractivity contribution in [1.82, 2.24) is 20.2 Å². The average molecular weight is 296 g/mol. The molecule has 2 atom stereocenters. The number of nitrogens with zero attached hydrogens (tertiary/aromatic N) is 2. The summed E-state index contributed by atoms with van der Waals surface area (Å²) < 4.78 is 1.84. The number of aliphatic carboxylic acids is 1. The number of hydrogen-bond acceptors (Lipinski definition) is 3. The fraction of sp³-hybridized carbons (Fsp3) is 0.643. The van der Waals surface area contributed by atoms with Crippen LogP contribution < -0.4 is 10.6 Å². The fourth-order valence-electron chi connectivity index (χ4n) is 1.93. The lowest BCUT2D eigenvalue weighted by molar-refractivity contribution is -0.141. The van der Waals surface area contributed by atoms with Gasteiger partial charge in [-0.2, -0.15) is 0 Å². The van der Waals surface area contributed by atoms with E-state index in [1.807, 2.05) is 24.7 Å². The van der Waals surface area contributed by atoms with Crippen LogP contribution in [0.15, 0.2) is 12.4 Å². The Bertz CT molecular complexity index is 473. The molecule has 0 saturated heterocycles. The van der Waals surface area contributed by atoms with Gasteiger partial charge in [0.15, 0.2) is 0 Å². The van der Waals surface area contributed by atoms with Gasteiger partial charge in [0.05, 0.1) is 12.5 Å². The first-order valence-corrected chi connectivity index (χ1v) is 7.13. The molecule has 1 heterocycles. The molecular weight excluding hydrogens is 272 g/mol. The number of imidazole rings is 1. The van der Waals surface area contributed by atoms with E-state index < -0.39 is 5.97 Å². The zero-order valence-electron chi connectivity index (χ0n) is 12.8. The Labute approximate surface area is 124 Å². The summed E-state index contributed by atoms with van der Waals surface area (Å²) in [5.41, 5.74) is 0. The number of carbonyl (C=O) groups is 2. The van der Waals surface area contributed by atoms with Crippen LogP contribution in [0.4, 0.5) is 4.79 Å². The van der Waals surface area contributed by atoms with Crippen molar-refractivity contribution in [2.24, 2.45) is 13.0 Å². The lowest BCUT2D eigenvalue weighted by Gasteiger charge is -2.15. The summed E-state index contributed by atoms with van der Waals surface area (Å²) in [6.45, 7) is 3.98. The Hall–Kier alpha value is -2.05. The lowest BCUT2D eigenvalue weighted by atomic mass is 10.0. The van der Waals surface area contributed by atoms with Gasteiger partial charge in [-0.25, -0.2) is 9.78 Å². The molecule has 0 saturated carbocycles. The molecule has 1 aromatic heterocycles. The Morgan fingerprint density at radius 1 is 1.38 bits per heavy atom. The molecule has 0 fully saturated rings. The third-order valence-electron chi connectivity index (χ3n) is 3.40. The van der Waals surface area contributed by atoms with Crippen molar-refractivity contribution < 1.29 is 14.7 Å². The van der Waals surface area contributed by atoms with Gasteiger partial charge >= 0.3 is 12.0 Å². The molecule has 3 N–H and O–H groups in total. The molecule has 21 heavy (non-hydrogen) atoms. The Kier molecular flexibility index (Phi) is 6.71. The quantitative estimate of drug-likeness (QED) is 0.677. The molecule has 0 bridgehead atoms. The highest BCUT2D eigenvalue weighted by molar-refractivity contribution is 5.74. The van der Waals surface area contributed by atoms with Crippen molar-refractivity contribution in [3.05, 3.63) is 18.2 Å². The van der Waals surface area contributed by atoms with Crippen LogP contribution in [0.5, 0.6) is 0 Å². The highest BCUT2D eigenvalue weighted by Gasteiger charge is 2.12. The summed E-state index contributed by atoms with van der Waals surface area (Å²) in [5.74, 6) is -0.328. The van der Waals surface area contributed by atoms with Crippen LogP contribution in [0.3, 0.4) is 0 Å². The van der Waals surface area contributed by atoms with E-state index in [-0.39, 0.29) is 18.0 Å². The number of carboxylic acid groups (broad SMARTS) is 1. The van der Waals surface area contributed by atoms with Crippen molar-refractivity contribution in [3.63, 3.8) is 0 Å². The Balaban J connectivity index is 2.19. The average Bonchev–Trinajstić information content (AvgIpc) is 2.81. The number of hydrogen-bond donors (Lipinski definition) is 3. The molecule has 0 radical (unpaired) electrons. The van der Waals surface area contributed by atoms with Gasteiger partial charge in [0.25, 0.3) is 0 Å². The monoisotopic (exact) mass is 296 g/mol. The van der Waals surface area contributed by atoms with E-state index in [4.69, 9.17) is 5.11 Å². The van der Waals surface area contributed by atoms with Gasteiger partial charge in [0, 0.05) is 25.5 Å². The van der Waals surface area contributed by atoms with Gasteiger partial charge < -0.3 is 20.3 Å². The topological polar surface area (TPSA) is 96.2 Å². The fourth-order valence-corrected chi connectivity index (χ4v) is 1.93. The van der Waals surface area contributed by atoms with Gasteiger partial charge in [-0.05, 0) is 19.8 Å². The molecule has 1 rings (SSSR count). The largest absolute Gasteiger partial charge is 0.481 e. The summed E-state index contributed by atoms with van der Waals surface area (Å²) in [6, 6.07) is -0.232. The Morgan fingerprint density at radius 3 is 2.67 bits per heavy atom. The number of amides is 2. The first kappa shape index (κ1) is 17.0. The molecule has 0 aliphatic rings. The van der Waals surface area contributed by atoms with Crippen LogP contribution >= 0.6 is 0 Å². The summed E-state index contributed by atoms with van der Waals surface area (Å²) in [4.78, 5) is 26.5. The van der Waals surface area contributed by atoms with Gasteiger partial charge in [0.1, 0.15) is 5.82 Å². The van der Waals surface area contributed by atoms with Crippen LogP contribution in [-0.2, 0) is 18.4 Å². The zero-order chi connectivity index (χ0) is 15.8. The van der Waals surface area contributed by atoms with Crippen molar-refractivity contribution >= 4 is 12.0 Å². The predicted molar refractivity (Wildman–Crippen MR) is 78.7 cm³/mol. The molecule has 7 nitrogen and oxygen atoms in total. The second-order valence-corrected chi connectivity index (χ2v) is 5.35. The van der Waals surface area contributed by atoms with Gasteiger partial charge in [-0.15, -0.1) is 0 Å². The molecule has 0 aromatic carbocycles. The Morgan fingerprint density at radius 2 is 2.10 bits per heavy atom. The first-order valence-electron chi connectivity index (χ1n) is 7.13. The molecule has 1 aromatic rings. The summed E-state index contributed by atoms with van der Waals surface area (Å²) in [6.07, 6.45) is 5.65. The third-order valence-corrected chi connectivity index (χ3v) is 3.40. The minimum Gasteiger partial charge on any atom is -0.481 e. The van der Waals surface area contributed by atoms with Crippen LogP contribution in [0.2, 0.25) is 0 Å². The highest BCUT2D eigenvalue weighted by atomic mass is 16.4. The SMILES string of the molecule is CC(CCCC(C)C(=O)O)NC(=O)NCc1nccn1C. The number of rotatable bonds is 8. The van der Waals surface area contributed by atoms with Crippen molar-refractivity contribution in [1.29, 1.82) is 0 Å². The van der Waals surface area contributed by atoms with Crippen LogP contribution in [0, 0.1) is 5.92 Å². The molecule has 7 heteroatoms. The molecule has 0 spiro atoms. The number of aromatic nitrogens is 2. The lowest BCUT2D eigenvalue weighted by Crippen LogP contribution is -2.40. The van der Waals surface area contributed by atoms with Crippen LogP contribution in [-0.4, -0.2) is 32.7 Å². The summed E-state index contributed by atoms with van der Waals surface area (Å²) in [5, 5.41) is 14.4. The second kappa shape index (κ2) is 8.28. The number of nitrogens with one attached hydrogen (secondary N) is 2. The van der Waals surface area contributed by atoms with E-state index in [1.165, 1.54) is 0 Å². The van der Waals surface area contributed by atoms with Crippen molar-refractivity contribution in [2.45, 2.75) is 45.7 Å². The van der Waals surface area contributed by atoms with E-state index in [9.17, 15) is 9.59 Å². The molecule has 2 unspecified atom stereocenters. The maximum atomic E-state index is 11.7. The smallest absolute Gasteiger partial charge is 0.315 e. The predicted octanol–water partition coefficient (Wildman–Crippen LogP) is 1.50. The van der Waals surface area contributed by atoms with Gasteiger partial charge in [-0.1, -0.05) is 13.3 Å². The molecule has 118 valence electrons. The minimum absolute atomic E-state index is 0.00682. The summed E-state index contributed by atoms with van der Waals surface area (Å²) in [7, 11) is 1.87. The number of aryl methyl sites for hydroxylation is 1. The second-order valence-electron chi connectivity index (χ2n) is 5.35. The molecule has 0 aliphatic carbocycles. The van der Waals surface area contributed by atoms with Gasteiger partial charge in [-0.3, -0.25) is 4.79 Å². The van der Waals surface area contributed by atoms with E-state index in [0.717, 1.165) is 18.7 Å². The van der Waals surface area contributed by atoms with E-state index in [0.29, 0.717) is 13.0 Å². The van der Waals surface area contributed by atoms with Gasteiger partial charge in [0.2, 0.25) is 0 Å². The third kappa shape index (κ3) is 6.29. The number of carboxylic acids is 1. The first-order chi connectivity index (χ1) is 9.90. The van der Waals surface area contributed by atoms with E-state index in [2.05, 4.69) is 15.6 Å². The van der Waals surface area contributed by atoms with E-state index in [1.54, 1.807) is 13.1 Å². The standard InChI is InChI=1S/C14H24N4O3/c1-10(13(19)20)5-4-6-11(2)17-14(21)16-9-12-15-7-8-18(12)3/h7-8,10-11H,4-6,9H2,1-3H3,(H,19,20)(H2,16,17,21). The highest BCUT2D eigenvalue weighted by Crippen LogP contribution is 2.09.